The highest BCUT2D eigenvalue weighted by atomic mass is 79.9. The Morgan fingerprint density at radius 2 is 1.72 bits per heavy atom. The lowest BCUT2D eigenvalue weighted by Crippen LogP contribution is -2.41. The van der Waals surface area contributed by atoms with E-state index in [1.807, 2.05) is 27.7 Å². The Labute approximate surface area is 116 Å². The Morgan fingerprint density at radius 3 is 2.17 bits per heavy atom. The van der Waals surface area contributed by atoms with Crippen LogP contribution in [0, 0.1) is 0 Å². The van der Waals surface area contributed by atoms with Gasteiger partial charge in [0.2, 0.25) is 0 Å². The minimum Gasteiger partial charge on any atom is -0.399 e. The third kappa shape index (κ3) is 2.17. The zero-order valence-electron chi connectivity index (χ0n) is 11.3. The number of nitrogens with zero attached hydrogens (tertiary/aromatic N) is 1. The Bertz CT molecular complexity index is 496. The zero-order chi connectivity index (χ0) is 13.7. The lowest BCUT2D eigenvalue weighted by molar-refractivity contribution is 0.00578. The monoisotopic (exact) mass is 313 g/mol. The topological polar surface area (TPSA) is 40.5 Å². The second kappa shape index (κ2) is 4.22. The van der Waals surface area contributed by atoms with Gasteiger partial charge in [-0.2, -0.15) is 0 Å². The second-order valence-corrected chi connectivity index (χ2v) is 6.48. The van der Waals surface area contributed by atoms with Crippen molar-refractivity contribution < 1.29 is 9.31 Å². The molecule has 2 rings (SSSR count). The maximum Gasteiger partial charge on any atom is 0.496 e. The first-order chi connectivity index (χ1) is 8.14. The molecule has 0 amide bonds. The number of aryl methyl sites for hydroxylation is 1. The summed E-state index contributed by atoms with van der Waals surface area (Å²) in [7, 11) is 1.26. The van der Waals surface area contributed by atoms with Crippen LogP contribution in [-0.2, 0) is 16.4 Å². The Kier molecular flexibility index (Phi) is 3.24. The third-order valence-electron chi connectivity index (χ3n) is 3.69. The van der Waals surface area contributed by atoms with Crippen molar-refractivity contribution in [2.45, 2.75) is 38.9 Å². The van der Waals surface area contributed by atoms with Crippen LogP contribution in [0.25, 0.3) is 0 Å². The average Bonchev–Trinajstić information content (AvgIpc) is 2.44. The van der Waals surface area contributed by atoms with Gasteiger partial charge >= 0.3 is 7.12 Å². The van der Waals surface area contributed by atoms with E-state index in [0.29, 0.717) is 4.47 Å². The van der Waals surface area contributed by atoms with Gasteiger partial charge in [0.25, 0.3) is 5.56 Å². The van der Waals surface area contributed by atoms with Crippen molar-refractivity contribution in [3.8, 4) is 0 Å². The minimum absolute atomic E-state index is 0.0738. The summed E-state index contributed by atoms with van der Waals surface area (Å²) >= 11 is 3.26. The van der Waals surface area contributed by atoms with Gasteiger partial charge in [0, 0.05) is 18.7 Å². The molecule has 0 aliphatic carbocycles. The van der Waals surface area contributed by atoms with E-state index in [1.165, 1.54) is 4.57 Å². The number of rotatable bonds is 1. The van der Waals surface area contributed by atoms with Crippen molar-refractivity contribution in [3.05, 3.63) is 27.1 Å². The predicted molar refractivity (Wildman–Crippen MR) is 75.1 cm³/mol. The Balaban J connectivity index is 2.39. The van der Waals surface area contributed by atoms with Gasteiger partial charge in [0.15, 0.2) is 0 Å². The Morgan fingerprint density at radius 1 is 1.22 bits per heavy atom. The molecule has 1 aliphatic heterocycles. The fourth-order valence-electron chi connectivity index (χ4n) is 1.80. The van der Waals surface area contributed by atoms with Gasteiger partial charge in [-0.25, -0.2) is 0 Å². The number of halogens is 1. The summed E-state index contributed by atoms with van der Waals surface area (Å²) in [5, 5.41) is 0. The molecule has 0 atom stereocenters. The van der Waals surface area contributed by atoms with E-state index < -0.39 is 7.12 Å². The van der Waals surface area contributed by atoms with Gasteiger partial charge in [-0.15, -0.1) is 0 Å². The highest BCUT2D eigenvalue weighted by Crippen LogP contribution is 2.36. The van der Waals surface area contributed by atoms with Crippen LogP contribution < -0.4 is 11.0 Å². The third-order valence-corrected chi connectivity index (χ3v) is 4.25. The molecule has 6 heteroatoms. The first-order valence-electron chi connectivity index (χ1n) is 5.86. The molecule has 0 aromatic carbocycles. The van der Waals surface area contributed by atoms with Crippen LogP contribution in [0.5, 0.6) is 0 Å². The van der Waals surface area contributed by atoms with E-state index in [-0.39, 0.29) is 16.8 Å². The second-order valence-electron chi connectivity index (χ2n) is 5.63. The normalized spacial score (nSPS) is 21.3. The molecule has 4 nitrogen and oxygen atoms in total. The fraction of sp³-hybridized carbons (Fsp3) is 0.583. The summed E-state index contributed by atoms with van der Waals surface area (Å²) in [6.45, 7) is 8.02. The van der Waals surface area contributed by atoms with E-state index in [9.17, 15) is 4.79 Å². The van der Waals surface area contributed by atoms with Crippen LogP contribution in [0.2, 0.25) is 0 Å². The molecule has 0 bridgehead atoms. The molecule has 0 spiro atoms. The van der Waals surface area contributed by atoms with Crippen LogP contribution in [0.15, 0.2) is 21.5 Å². The number of pyridine rings is 1. The first kappa shape index (κ1) is 13.8. The van der Waals surface area contributed by atoms with Gasteiger partial charge in [0.1, 0.15) is 0 Å². The molecule has 1 aromatic rings. The largest absolute Gasteiger partial charge is 0.496 e. The summed E-state index contributed by atoms with van der Waals surface area (Å²) in [5.74, 6) is 0. The maximum absolute atomic E-state index is 11.6. The standard InChI is InChI=1S/C12H17BBrNO3/c1-11(2)12(3,4)18-13(17-11)8-6-9(14)10(16)15(5)7-8/h6-7H,1-5H3. The summed E-state index contributed by atoms with van der Waals surface area (Å²) in [4.78, 5) is 11.6. The molecule has 1 aliphatic rings. The molecule has 0 saturated carbocycles. The fourth-order valence-corrected chi connectivity index (χ4v) is 2.35. The highest BCUT2D eigenvalue weighted by molar-refractivity contribution is 9.10. The van der Waals surface area contributed by atoms with E-state index in [0.717, 1.165) is 5.46 Å². The molecule has 1 aromatic heterocycles. The van der Waals surface area contributed by atoms with Gasteiger partial charge < -0.3 is 13.9 Å². The number of aromatic nitrogens is 1. The van der Waals surface area contributed by atoms with Crippen LogP contribution >= 0.6 is 15.9 Å². The van der Waals surface area contributed by atoms with E-state index >= 15 is 0 Å². The quantitative estimate of drug-likeness (QED) is 0.737. The van der Waals surface area contributed by atoms with Crippen LogP contribution in [0.4, 0.5) is 0 Å². The number of hydrogen-bond donors (Lipinski definition) is 0. The van der Waals surface area contributed by atoms with Crippen molar-refractivity contribution in [1.29, 1.82) is 0 Å². The van der Waals surface area contributed by atoms with Crippen molar-refractivity contribution in [2.75, 3.05) is 0 Å². The van der Waals surface area contributed by atoms with Crippen molar-refractivity contribution in [3.63, 3.8) is 0 Å². The zero-order valence-corrected chi connectivity index (χ0v) is 12.9. The van der Waals surface area contributed by atoms with E-state index in [4.69, 9.17) is 9.31 Å². The molecular weight excluding hydrogens is 297 g/mol. The molecular formula is C12H17BBrNO3. The van der Waals surface area contributed by atoms with E-state index in [1.54, 1.807) is 19.3 Å². The van der Waals surface area contributed by atoms with E-state index in [2.05, 4.69) is 15.9 Å². The van der Waals surface area contributed by atoms with Crippen molar-refractivity contribution in [1.82, 2.24) is 4.57 Å². The maximum atomic E-state index is 11.6. The molecule has 2 heterocycles. The SMILES string of the molecule is Cn1cc(B2OC(C)(C)C(C)(C)O2)cc(Br)c1=O. The summed E-state index contributed by atoms with van der Waals surface area (Å²) < 4.78 is 13.9. The van der Waals surface area contributed by atoms with Gasteiger partial charge in [-0.05, 0) is 49.7 Å². The van der Waals surface area contributed by atoms with Gasteiger partial charge in [0.05, 0.1) is 15.7 Å². The Hall–Kier alpha value is -0.585. The highest BCUT2D eigenvalue weighted by Gasteiger charge is 2.51. The molecule has 0 radical (unpaired) electrons. The van der Waals surface area contributed by atoms with Crippen LogP contribution in [-0.4, -0.2) is 22.9 Å². The number of hydrogen-bond acceptors (Lipinski definition) is 3. The van der Waals surface area contributed by atoms with Gasteiger partial charge in [-0.1, -0.05) is 0 Å². The molecule has 98 valence electrons. The molecule has 18 heavy (non-hydrogen) atoms. The van der Waals surface area contributed by atoms with Crippen molar-refractivity contribution >= 4 is 28.5 Å². The summed E-state index contributed by atoms with van der Waals surface area (Å²) in [6.07, 6.45) is 1.75. The minimum atomic E-state index is -0.446. The molecule has 1 fully saturated rings. The average molecular weight is 314 g/mol. The summed E-state index contributed by atoms with van der Waals surface area (Å²) in [5.41, 5.74) is 0.00966. The molecule has 1 saturated heterocycles. The lowest BCUT2D eigenvalue weighted by Gasteiger charge is -2.32. The summed E-state index contributed by atoms with van der Waals surface area (Å²) in [6, 6.07) is 1.75. The van der Waals surface area contributed by atoms with Crippen molar-refractivity contribution in [2.24, 2.45) is 7.05 Å². The molecule has 0 unspecified atom stereocenters. The smallest absolute Gasteiger partial charge is 0.399 e. The first-order valence-corrected chi connectivity index (χ1v) is 6.65. The predicted octanol–water partition coefficient (Wildman–Crippen LogP) is 1.45. The lowest BCUT2D eigenvalue weighted by atomic mass is 9.80. The van der Waals surface area contributed by atoms with Gasteiger partial charge in [-0.3, -0.25) is 4.79 Å². The van der Waals surface area contributed by atoms with Crippen LogP contribution in [0.3, 0.4) is 0 Å². The van der Waals surface area contributed by atoms with Crippen LogP contribution in [0.1, 0.15) is 27.7 Å². The molecule has 0 N–H and O–H groups in total.